The Kier molecular flexibility index (Phi) is 4.18. The molecule has 1 aliphatic rings. The third-order valence-corrected chi connectivity index (χ3v) is 4.64. The van der Waals surface area contributed by atoms with Crippen LogP contribution in [0.25, 0.3) is 0 Å². The molecule has 4 nitrogen and oxygen atoms in total. The standard InChI is InChI=1S/C15H18BrNO3/c1-3-15(14(19)20)7-4-8-17(15)13(18)12-9-11(16)6-5-10(12)2/h5-6,9H,3-4,7-8H2,1-2H3,(H,19,20). The van der Waals surface area contributed by atoms with Gasteiger partial charge in [0.2, 0.25) is 0 Å². The van der Waals surface area contributed by atoms with Crippen LogP contribution in [0.1, 0.15) is 42.1 Å². The molecule has 108 valence electrons. The lowest BCUT2D eigenvalue weighted by atomic mass is 9.92. The van der Waals surface area contributed by atoms with Crippen LogP contribution < -0.4 is 0 Å². The normalized spacial score (nSPS) is 22.1. The molecule has 1 atom stereocenters. The predicted molar refractivity (Wildman–Crippen MR) is 79.8 cm³/mol. The van der Waals surface area contributed by atoms with Crippen molar-refractivity contribution in [1.82, 2.24) is 4.90 Å². The molecule has 1 unspecified atom stereocenters. The Hall–Kier alpha value is -1.36. The molecule has 5 heteroatoms. The Labute approximate surface area is 126 Å². The first-order valence-corrected chi connectivity index (χ1v) is 7.53. The SMILES string of the molecule is CCC1(C(=O)O)CCCN1C(=O)c1cc(Br)ccc1C. The van der Waals surface area contributed by atoms with Gasteiger partial charge in [0, 0.05) is 16.6 Å². The Bertz CT molecular complexity index is 558. The van der Waals surface area contributed by atoms with Gasteiger partial charge in [-0.05, 0) is 43.9 Å². The molecule has 1 aliphatic heterocycles. The molecule has 0 aromatic heterocycles. The molecule has 20 heavy (non-hydrogen) atoms. The predicted octanol–water partition coefficient (Wildman–Crippen LogP) is 3.23. The Balaban J connectivity index is 2.42. The monoisotopic (exact) mass is 339 g/mol. The van der Waals surface area contributed by atoms with Gasteiger partial charge in [-0.2, -0.15) is 0 Å². The van der Waals surface area contributed by atoms with Crippen molar-refractivity contribution in [2.75, 3.05) is 6.54 Å². The molecule has 1 amide bonds. The molecular formula is C15H18BrNO3. The van der Waals surface area contributed by atoms with Crippen LogP contribution in [-0.4, -0.2) is 34.0 Å². The van der Waals surface area contributed by atoms with Crippen LogP contribution in [0.15, 0.2) is 22.7 Å². The molecule has 1 heterocycles. The number of hydrogen-bond acceptors (Lipinski definition) is 2. The van der Waals surface area contributed by atoms with Gasteiger partial charge >= 0.3 is 5.97 Å². The zero-order valence-electron chi connectivity index (χ0n) is 11.6. The quantitative estimate of drug-likeness (QED) is 0.919. The highest BCUT2D eigenvalue weighted by Gasteiger charge is 2.48. The van der Waals surface area contributed by atoms with Gasteiger partial charge < -0.3 is 10.0 Å². The van der Waals surface area contributed by atoms with E-state index in [-0.39, 0.29) is 5.91 Å². The first-order chi connectivity index (χ1) is 9.42. The molecule has 0 spiro atoms. The largest absolute Gasteiger partial charge is 0.479 e. The summed E-state index contributed by atoms with van der Waals surface area (Å²) in [7, 11) is 0. The van der Waals surface area contributed by atoms with Crippen LogP contribution >= 0.6 is 15.9 Å². The number of carbonyl (C=O) groups is 2. The van der Waals surface area contributed by atoms with Crippen LogP contribution in [0.2, 0.25) is 0 Å². The number of aliphatic carboxylic acids is 1. The van der Waals surface area contributed by atoms with E-state index < -0.39 is 11.5 Å². The van der Waals surface area contributed by atoms with Crippen molar-refractivity contribution in [2.45, 2.75) is 38.6 Å². The van der Waals surface area contributed by atoms with E-state index in [1.54, 1.807) is 6.07 Å². The summed E-state index contributed by atoms with van der Waals surface area (Å²) in [6.45, 7) is 4.20. The van der Waals surface area contributed by atoms with E-state index in [0.29, 0.717) is 24.9 Å². The highest BCUT2D eigenvalue weighted by atomic mass is 79.9. The number of aryl methyl sites for hydroxylation is 1. The van der Waals surface area contributed by atoms with E-state index in [1.807, 2.05) is 26.0 Å². The van der Waals surface area contributed by atoms with Crippen LogP contribution in [0.5, 0.6) is 0 Å². The number of amides is 1. The minimum atomic E-state index is -1.05. The molecule has 0 aliphatic carbocycles. The highest BCUT2D eigenvalue weighted by molar-refractivity contribution is 9.10. The van der Waals surface area contributed by atoms with Crippen molar-refractivity contribution in [3.8, 4) is 0 Å². The number of carboxylic acid groups (broad SMARTS) is 1. The number of nitrogens with zero attached hydrogens (tertiary/aromatic N) is 1. The second-order valence-electron chi connectivity index (χ2n) is 5.21. The van der Waals surface area contributed by atoms with E-state index in [4.69, 9.17) is 0 Å². The zero-order valence-corrected chi connectivity index (χ0v) is 13.2. The van der Waals surface area contributed by atoms with E-state index in [1.165, 1.54) is 4.90 Å². The molecule has 0 radical (unpaired) electrons. The summed E-state index contributed by atoms with van der Waals surface area (Å²) >= 11 is 3.36. The minimum absolute atomic E-state index is 0.189. The number of rotatable bonds is 3. The average molecular weight is 340 g/mol. The molecule has 0 saturated carbocycles. The van der Waals surface area contributed by atoms with Gasteiger partial charge in [0.1, 0.15) is 5.54 Å². The van der Waals surface area contributed by atoms with Crippen molar-refractivity contribution in [3.63, 3.8) is 0 Å². The summed E-state index contributed by atoms with van der Waals surface area (Å²) < 4.78 is 0.822. The van der Waals surface area contributed by atoms with Crippen LogP contribution in [0.3, 0.4) is 0 Å². The van der Waals surface area contributed by atoms with Crippen molar-refractivity contribution in [2.24, 2.45) is 0 Å². The fourth-order valence-corrected chi connectivity index (χ4v) is 3.25. The smallest absolute Gasteiger partial charge is 0.329 e. The molecule has 1 saturated heterocycles. The molecular weight excluding hydrogens is 322 g/mol. The van der Waals surface area contributed by atoms with Gasteiger partial charge in [-0.1, -0.05) is 28.9 Å². The Morgan fingerprint density at radius 2 is 2.15 bits per heavy atom. The number of benzene rings is 1. The number of halogens is 1. The molecule has 1 aromatic carbocycles. The molecule has 1 aromatic rings. The number of carboxylic acids is 1. The maximum atomic E-state index is 12.7. The average Bonchev–Trinajstić information content (AvgIpc) is 2.85. The Morgan fingerprint density at radius 1 is 1.45 bits per heavy atom. The van der Waals surface area contributed by atoms with Crippen molar-refractivity contribution < 1.29 is 14.7 Å². The number of likely N-dealkylation sites (tertiary alicyclic amines) is 1. The lowest BCUT2D eigenvalue weighted by molar-refractivity contribution is -0.148. The third kappa shape index (κ3) is 2.35. The maximum absolute atomic E-state index is 12.7. The molecule has 0 bridgehead atoms. The fourth-order valence-electron chi connectivity index (χ4n) is 2.89. The van der Waals surface area contributed by atoms with Gasteiger partial charge in [0.25, 0.3) is 5.91 Å². The van der Waals surface area contributed by atoms with E-state index >= 15 is 0 Å². The molecule has 1 N–H and O–H groups in total. The van der Waals surface area contributed by atoms with Gasteiger partial charge in [-0.15, -0.1) is 0 Å². The lowest BCUT2D eigenvalue weighted by Gasteiger charge is -2.34. The molecule has 1 fully saturated rings. The summed E-state index contributed by atoms with van der Waals surface area (Å²) in [6, 6.07) is 5.50. The lowest BCUT2D eigenvalue weighted by Crippen LogP contribution is -2.52. The summed E-state index contributed by atoms with van der Waals surface area (Å²) in [4.78, 5) is 25.9. The second kappa shape index (κ2) is 5.56. The second-order valence-corrected chi connectivity index (χ2v) is 6.13. The van der Waals surface area contributed by atoms with Gasteiger partial charge in [-0.25, -0.2) is 4.79 Å². The van der Waals surface area contributed by atoms with E-state index in [9.17, 15) is 14.7 Å². The number of carbonyl (C=O) groups excluding carboxylic acids is 1. The molecule has 2 rings (SSSR count). The van der Waals surface area contributed by atoms with Gasteiger partial charge in [0.15, 0.2) is 0 Å². The summed E-state index contributed by atoms with van der Waals surface area (Å²) in [5, 5.41) is 9.55. The highest BCUT2D eigenvalue weighted by Crippen LogP contribution is 2.34. The summed E-state index contributed by atoms with van der Waals surface area (Å²) in [5.41, 5.74) is 0.382. The first-order valence-electron chi connectivity index (χ1n) is 6.74. The van der Waals surface area contributed by atoms with Crippen LogP contribution in [-0.2, 0) is 4.79 Å². The summed E-state index contributed by atoms with van der Waals surface area (Å²) in [5.74, 6) is -1.09. The first kappa shape index (κ1) is 15.0. The number of hydrogen-bond donors (Lipinski definition) is 1. The van der Waals surface area contributed by atoms with Crippen molar-refractivity contribution in [1.29, 1.82) is 0 Å². The fraction of sp³-hybridized carbons (Fsp3) is 0.467. The van der Waals surface area contributed by atoms with Crippen molar-refractivity contribution in [3.05, 3.63) is 33.8 Å². The van der Waals surface area contributed by atoms with Crippen LogP contribution in [0.4, 0.5) is 0 Å². The minimum Gasteiger partial charge on any atom is -0.479 e. The van der Waals surface area contributed by atoms with Gasteiger partial charge in [-0.3, -0.25) is 4.79 Å². The topological polar surface area (TPSA) is 57.6 Å². The van der Waals surface area contributed by atoms with Gasteiger partial charge in [0.05, 0.1) is 0 Å². The zero-order chi connectivity index (χ0) is 14.9. The maximum Gasteiger partial charge on any atom is 0.329 e. The third-order valence-electron chi connectivity index (χ3n) is 4.15. The van der Waals surface area contributed by atoms with E-state index in [0.717, 1.165) is 16.5 Å². The summed E-state index contributed by atoms with van der Waals surface area (Å²) in [6.07, 6.45) is 1.69. The van der Waals surface area contributed by atoms with E-state index in [2.05, 4.69) is 15.9 Å². The van der Waals surface area contributed by atoms with Crippen molar-refractivity contribution >= 4 is 27.8 Å². The Morgan fingerprint density at radius 3 is 2.75 bits per heavy atom. The van der Waals surface area contributed by atoms with Crippen LogP contribution in [0, 0.1) is 6.92 Å².